The molecule has 0 aliphatic rings. The summed E-state index contributed by atoms with van der Waals surface area (Å²) < 4.78 is 5.31. The number of nitrogens with two attached hydrogens (primary N) is 1. The molecule has 7 amide bonds. The maximum absolute atomic E-state index is 14.1. The molecule has 0 fully saturated rings. The molecule has 0 bridgehead atoms. The van der Waals surface area contributed by atoms with E-state index in [1.807, 2.05) is 50.2 Å². The van der Waals surface area contributed by atoms with Crippen LogP contribution in [0.2, 0.25) is 0 Å². The van der Waals surface area contributed by atoms with E-state index < -0.39 is 36.0 Å². The van der Waals surface area contributed by atoms with Crippen molar-refractivity contribution in [2.45, 2.75) is 52.1 Å². The number of likely N-dealkylation sites (N-methyl/N-ethyl adjacent to an activating group) is 1. The van der Waals surface area contributed by atoms with Gasteiger partial charge < -0.3 is 36.6 Å². The number of carbonyl (C=O) groups is 5. The lowest BCUT2D eigenvalue weighted by Crippen LogP contribution is -2.57. The summed E-state index contributed by atoms with van der Waals surface area (Å²) in [7, 11) is 2.91. The van der Waals surface area contributed by atoms with Gasteiger partial charge in [0, 0.05) is 44.5 Å². The molecule has 0 aromatic heterocycles. The average molecular weight is 713 g/mol. The Kier molecular flexibility index (Phi) is 15.5. The zero-order chi connectivity index (χ0) is 38.2. The summed E-state index contributed by atoms with van der Waals surface area (Å²) in [6, 6.07) is 20.0. The van der Waals surface area contributed by atoms with Crippen LogP contribution in [0.25, 0.3) is 0 Å². The summed E-state index contributed by atoms with van der Waals surface area (Å²) in [4.78, 5) is 69.0. The number of aryl methyl sites for hydroxylation is 1. The van der Waals surface area contributed by atoms with E-state index in [1.165, 1.54) is 30.0 Å². The number of urea groups is 2. The van der Waals surface area contributed by atoms with Crippen LogP contribution in [-0.4, -0.2) is 80.6 Å². The maximum atomic E-state index is 14.1. The van der Waals surface area contributed by atoms with Crippen LogP contribution in [0.5, 0.6) is 5.75 Å². The van der Waals surface area contributed by atoms with Gasteiger partial charge in [0.05, 0.1) is 25.2 Å². The van der Waals surface area contributed by atoms with Crippen LogP contribution in [0.15, 0.2) is 72.8 Å². The smallest absolute Gasteiger partial charge is 0.322 e. The molecule has 52 heavy (non-hydrogen) atoms. The van der Waals surface area contributed by atoms with Gasteiger partial charge in [-0.2, -0.15) is 5.26 Å². The highest BCUT2D eigenvalue weighted by atomic mass is 16.5. The molecule has 6 N–H and O–H groups in total. The lowest BCUT2D eigenvalue weighted by atomic mass is 10.0. The molecule has 0 spiro atoms. The minimum Gasteiger partial charge on any atom is -0.496 e. The fraction of sp³-hybridized carbons (Fsp3) is 0.368. The standard InChI is InChI=1S/C38H48N8O6/c1-25(2)21-31(35(48)41-4)43-36(49)32(23-27-13-8-6-9-14-27)44-38(51)46(29-15-10-7-11-16-29)20-19-45(18-12-17-39)37(50)42-28-22-26(3)33(52-5)30(24-28)34(40)47/h6-11,13-16,22,24-25,31-32H,12,18-21,23H2,1-5H3,(H2,40,47)(H,41,48)(H,42,50)(H,43,49)(H,44,51)/t31-,32-/m0/s1. The number of amides is 7. The Balaban J connectivity index is 1.89. The third kappa shape index (κ3) is 11.8. The third-order valence-corrected chi connectivity index (χ3v) is 8.17. The highest BCUT2D eigenvalue weighted by Crippen LogP contribution is 2.27. The van der Waals surface area contributed by atoms with Crippen LogP contribution in [-0.2, 0) is 16.0 Å². The molecule has 0 radical (unpaired) electrons. The second kappa shape index (κ2) is 19.9. The van der Waals surface area contributed by atoms with Crippen molar-refractivity contribution in [1.82, 2.24) is 20.9 Å². The largest absolute Gasteiger partial charge is 0.496 e. The van der Waals surface area contributed by atoms with Gasteiger partial charge in [-0.3, -0.25) is 19.3 Å². The number of para-hydroxylation sites is 1. The number of hydrogen-bond donors (Lipinski definition) is 5. The van der Waals surface area contributed by atoms with E-state index in [0.29, 0.717) is 29.1 Å². The second-order valence-electron chi connectivity index (χ2n) is 12.5. The topological polar surface area (TPSA) is 199 Å². The maximum Gasteiger partial charge on any atom is 0.322 e. The number of nitriles is 1. The molecular weight excluding hydrogens is 664 g/mol. The fourth-order valence-corrected chi connectivity index (χ4v) is 5.61. The molecule has 0 saturated heterocycles. The summed E-state index contributed by atoms with van der Waals surface area (Å²) in [6.07, 6.45) is 0.559. The minimum atomic E-state index is -1.06. The van der Waals surface area contributed by atoms with Gasteiger partial charge >= 0.3 is 12.1 Å². The second-order valence-corrected chi connectivity index (χ2v) is 12.5. The normalized spacial score (nSPS) is 11.7. The van der Waals surface area contributed by atoms with E-state index in [4.69, 9.17) is 10.5 Å². The van der Waals surface area contributed by atoms with E-state index in [-0.39, 0.29) is 49.9 Å². The van der Waals surface area contributed by atoms with E-state index in [2.05, 4.69) is 21.3 Å². The lowest BCUT2D eigenvalue weighted by Gasteiger charge is -2.30. The predicted octanol–water partition coefficient (Wildman–Crippen LogP) is 3.95. The highest BCUT2D eigenvalue weighted by Gasteiger charge is 2.29. The average Bonchev–Trinajstić information content (AvgIpc) is 3.12. The molecule has 2 atom stereocenters. The van der Waals surface area contributed by atoms with Crippen LogP contribution in [0.3, 0.4) is 0 Å². The summed E-state index contributed by atoms with van der Waals surface area (Å²) in [6.45, 7) is 5.62. The molecule has 14 nitrogen and oxygen atoms in total. The number of nitrogens with one attached hydrogen (secondary N) is 4. The number of benzene rings is 3. The van der Waals surface area contributed by atoms with E-state index >= 15 is 0 Å². The SMILES string of the molecule is CNC(=O)[C@H](CC(C)C)NC(=O)[C@H](Cc1ccccc1)NC(=O)N(CCN(CCC#N)C(=O)Nc1cc(C)c(OC)c(C(N)=O)c1)c1ccccc1. The highest BCUT2D eigenvalue weighted by molar-refractivity contribution is 5.99. The number of nitrogens with zero attached hydrogens (tertiary/aromatic N) is 3. The van der Waals surface area contributed by atoms with E-state index in [1.54, 1.807) is 43.3 Å². The molecule has 0 saturated carbocycles. The summed E-state index contributed by atoms with van der Waals surface area (Å²) in [5, 5.41) is 20.4. The van der Waals surface area contributed by atoms with Crippen molar-refractivity contribution in [3.8, 4) is 11.8 Å². The monoisotopic (exact) mass is 712 g/mol. The number of carbonyl (C=O) groups excluding carboxylic acids is 5. The molecule has 276 valence electrons. The third-order valence-electron chi connectivity index (χ3n) is 8.17. The van der Waals surface area contributed by atoms with Crippen molar-refractivity contribution < 1.29 is 28.7 Å². The lowest BCUT2D eigenvalue weighted by molar-refractivity contribution is -0.130. The zero-order valence-electron chi connectivity index (χ0n) is 30.3. The number of rotatable bonds is 17. The van der Waals surface area contributed by atoms with Gasteiger partial charge in [-0.1, -0.05) is 62.4 Å². The minimum absolute atomic E-state index is 0.00365. The molecule has 0 aliphatic heterocycles. The van der Waals surface area contributed by atoms with Gasteiger partial charge in [0.25, 0.3) is 5.91 Å². The van der Waals surface area contributed by atoms with Gasteiger partial charge in [-0.15, -0.1) is 0 Å². The molecule has 0 heterocycles. The van der Waals surface area contributed by atoms with E-state index in [0.717, 1.165) is 5.56 Å². The first-order chi connectivity index (χ1) is 24.9. The van der Waals surface area contributed by atoms with Gasteiger partial charge in [0.1, 0.15) is 17.8 Å². The van der Waals surface area contributed by atoms with Crippen LogP contribution in [0.1, 0.15) is 48.2 Å². The zero-order valence-corrected chi connectivity index (χ0v) is 30.3. The Morgan fingerprint density at radius 3 is 2.10 bits per heavy atom. The van der Waals surface area contributed by atoms with Crippen molar-refractivity contribution in [3.05, 3.63) is 89.5 Å². The summed E-state index contributed by atoms with van der Waals surface area (Å²) >= 11 is 0. The number of methoxy groups -OCH3 is 1. The molecular formula is C38H48N8O6. The van der Waals surface area contributed by atoms with Gasteiger partial charge in [-0.25, -0.2) is 9.59 Å². The molecule has 0 unspecified atom stereocenters. The number of anilines is 2. The number of hydrogen-bond acceptors (Lipinski definition) is 7. The first kappa shape index (κ1) is 40.3. The summed E-state index contributed by atoms with van der Waals surface area (Å²) in [5.74, 6) is -1.20. The van der Waals surface area contributed by atoms with Gasteiger partial charge in [0.15, 0.2) is 0 Å². The van der Waals surface area contributed by atoms with Crippen molar-refractivity contribution in [1.29, 1.82) is 5.26 Å². The van der Waals surface area contributed by atoms with Crippen LogP contribution in [0, 0.1) is 24.2 Å². The Labute approximate surface area is 304 Å². The molecule has 0 aliphatic carbocycles. The van der Waals surface area contributed by atoms with Crippen LogP contribution < -0.4 is 36.6 Å². The first-order valence-corrected chi connectivity index (χ1v) is 17.0. The van der Waals surface area contributed by atoms with Crippen molar-refractivity contribution >= 4 is 41.2 Å². The predicted molar refractivity (Wildman–Crippen MR) is 199 cm³/mol. The van der Waals surface area contributed by atoms with Crippen LogP contribution >= 0.6 is 0 Å². The Hall–Kier alpha value is -6.10. The molecule has 3 aromatic rings. The number of primary amides is 1. The Morgan fingerprint density at radius 1 is 0.865 bits per heavy atom. The molecule has 3 aromatic carbocycles. The quantitative estimate of drug-likeness (QED) is 0.140. The molecule has 14 heteroatoms. The van der Waals surface area contributed by atoms with Gasteiger partial charge in [-0.05, 0) is 54.7 Å². The van der Waals surface area contributed by atoms with Crippen LogP contribution in [0.4, 0.5) is 21.0 Å². The van der Waals surface area contributed by atoms with E-state index in [9.17, 15) is 29.2 Å². The Bertz CT molecular complexity index is 1730. The van der Waals surface area contributed by atoms with Crippen molar-refractivity contribution in [2.75, 3.05) is 44.0 Å². The number of ether oxygens (including phenoxy) is 1. The van der Waals surface area contributed by atoms with Gasteiger partial charge in [0.2, 0.25) is 11.8 Å². The molecule has 3 rings (SSSR count). The van der Waals surface area contributed by atoms with Crippen molar-refractivity contribution in [3.63, 3.8) is 0 Å². The van der Waals surface area contributed by atoms with Crippen molar-refractivity contribution in [2.24, 2.45) is 11.7 Å². The fourth-order valence-electron chi connectivity index (χ4n) is 5.61. The Morgan fingerprint density at radius 2 is 1.52 bits per heavy atom. The first-order valence-electron chi connectivity index (χ1n) is 17.0. The summed E-state index contributed by atoms with van der Waals surface area (Å²) in [5.41, 5.74) is 7.79.